The van der Waals surface area contributed by atoms with Crippen LogP contribution in [-0.4, -0.2) is 30.4 Å². The van der Waals surface area contributed by atoms with Crippen molar-refractivity contribution in [3.8, 4) is 0 Å². The van der Waals surface area contributed by atoms with Gasteiger partial charge < -0.3 is 19.8 Å². The molecule has 0 bridgehead atoms. The molecular formula is C16H18N2O5S. The molecule has 2 rings (SSSR count). The van der Waals surface area contributed by atoms with Gasteiger partial charge in [0.1, 0.15) is 4.88 Å². The highest BCUT2D eigenvalue weighted by Gasteiger charge is 2.15. The van der Waals surface area contributed by atoms with Gasteiger partial charge >= 0.3 is 5.97 Å². The molecule has 24 heavy (non-hydrogen) atoms. The summed E-state index contributed by atoms with van der Waals surface area (Å²) in [6, 6.07) is 6.28. The first kappa shape index (κ1) is 17.7. The zero-order valence-corrected chi connectivity index (χ0v) is 14.1. The zero-order chi connectivity index (χ0) is 17.5. The molecule has 8 heteroatoms. The largest absolute Gasteiger partial charge is 0.459 e. The first-order valence-electron chi connectivity index (χ1n) is 7.40. The third kappa shape index (κ3) is 4.95. The highest BCUT2D eigenvalue weighted by Crippen LogP contribution is 2.23. The summed E-state index contributed by atoms with van der Waals surface area (Å²) in [5.74, 6) is -1.19. The van der Waals surface area contributed by atoms with Crippen LogP contribution in [-0.2, 0) is 9.53 Å². The lowest BCUT2D eigenvalue weighted by Crippen LogP contribution is -2.35. The number of rotatable bonds is 7. The number of nitrogens with one attached hydrogen (secondary N) is 2. The molecule has 0 aliphatic carbocycles. The smallest absolute Gasteiger partial charge is 0.348 e. The molecule has 7 nitrogen and oxygen atoms in total. The van der Waals surface area contributed by atoms with E-state index in [0.717, 1.165) is 17.8 Å². The van der Waals surface area contributed by atoms with E-state index in [1.807, 2.05) is 13.8 Å². The Morgan fingerprint density at radius 2 is 2.08 bits per heavy atom. The second-order valence-corrected chi connectivity index (χ2v) is 6.13. The van der Waals surface area contributed by atoms with Crippen LogP contribution in [0.5, 0.6) is 0 Å². The van der Waals surface area contributed by atoms with Gasteiger partial charge in [-0.3, -0.25) is 9.59 Å². The van der Waals surface area contributed by atoms with E-state index in [0.29, 0.717) is 9.88 Å². The minimum atomic E-state index is -0.613. The van der Waals surface area contributed by atoms with Gasteiger partial charge in [0.25, 0.3) is 11.8 Å². The summed E-state index contributed by atoms with van der Waals surface area (Å²) in [5.41, 5.74) is 0. The molecule has 0 fully saturated rings. The van der Waals surface area contributed by atoms with E-state index in [1.54, 1.807) is 12.1 Å². The number of furan rings is 1. The molecule has 1 unspecified atom stereocenters. The average Bonchev–Trinajstić information content (AvgIpc) is 3.24. The fourth-order valence-electron chi connectivity index (χ4n) is 1.72. The van der Waals surface area contributed by atoms with Gasteiger partial charge in [0.2, 0.25) is 0 Å². The fraction of sp³-hybridized carbons (Fsp3) is 0.312. The van der Waals surface area contributed by atoms with Gasteiger partial charge in [-0.1, -0.05) is 6.92 Å². The topological polar surface area (TPSA) is 97.6 Å². The van der Waals surface area contributed by atoms with Crippen molar-refractivity contribution >= 4 is 34.1 Å². The second-order valence-electron chi connectivity index (χ2n) is 5.05. The van der Waals surface area contributed by atoms with Crippen molar-refractivity contribution < 1.29 is 23.5 Å². The Morgan fingerprint density at radius 1 is 1.29 bits per heavy atom. The molecule has 0 aliphatic rings. The molecule has 2 aromatic heterocycles. The molecule has 2 heterocycles. The predicted octanol–water partition coefficient (Wildman–Crippen LogP) is 2.66. The van der Waals surface area contributed by atoms with Crippen molar-refractivity contribution in [2.75, 3.05) is 11.9 Å². The van der Waals surface area contributed by atoms with Gasteiger partial charge in [-0.15, -0.1) is 11.3 Å². The number of carbonyl (C=O) groups is 3. The Morgan fingerprint density at radius 3 is 2.75 bits per heavy atom. The lowest BCUT2D eigenvalue weighted by Gasteiger charge is -2.11. The summed E-state index contributed by atoms with van der Waals surface area (Å²) < 4.78 is 9.94. The summed E-state index contributed by atoms with van der Waals surface area (Å²) >= 11 is 1.06. The first-order chi connectivity index (χ1) is 11.5. The molecule has 2 aromatic rings. The fourth-order valence-corrected chi connectivity index (χ4v) is 2.51. The Labute approximate surface area is 143 Å². The summed E-state index contributed by atoms with van der Waals surface area (Å²) in [7, 11) is 0. The molecule has 0 saturated carbocycles. The number of amides is 2. The molecule has 2 amide bonds. The normalized spacial score (nSPS) is 11.6. The lowest BCUT2D eigenvalue weighted by molar-refractivity contribution is -0.124. The second kappa shape index (κ2) is 8.30. The summed E-state index contributed by atoms with van der Waals surface area (Å²) in [6.45, 7) is 3.48. The van der Waals surface area contributed by atoms with Crippen molar-refractivity contribution in [3.63, 3.8) is 0 Å². The van der Waals surface area contributed by atoms with Crippen LogP contribution in [0.15, 0.2) is 34.9 Å². The number of hydrogen-bond acceptors (Lipinski definition) is 6. The van der Waals surface area contributed by atoms with Gasteiger partial charge in [-0.2, -0.15) is 0 Å². The Bertz CT molecular complexity index is 708. The maximum absolute atomic E-state index is 11.9. The number of hydrogen-bond donors (Lipinski definition) is 2. The van der Waals surface area contributed by atoms with Crippen molar-refractivity contribution in [2.24, 2.45) is 0 Å². The van der Waals surface area contributed by atoms with Gasteiger partial charge in [-0.25, -0.2) is 4.79 Å². The van der Waals surface area contributed by atoms with Crippen molar-refractivity contribution in [1.82, 2.24) is 5.32 Å². The van der Waals surface area contributed by atoms with Gasteiger partial charge in [-0.05, 0) is 37.6 Å². The van der Waals surface area contributed by atoms with Crippen LogP contribution in [0.25, 0.3) is 0 Å². The Kier molecular flexibility index (Phi) is 6.14. The third-order valence-electron chi connectivity index (χ3n) is 3.14. The van der Waals surface area contributed by atoms with Crippen LogP contribution in [0.1, 0.15) is 40.5 Å². The molecule has 0 aromatic carbocycles. The Hall–Kier alpha value is -2.61. The number of thiophene rings is 1. The quantitative estimate of drug-likeness (QED) is 0.748. The SMILES string of the molecule is CCC(C)NC(=O)COC(=O)c1ccc(NC(=O)c2ccco2)s1. The summed E-state index contributed by atoms with van der Waals surface area (Å²) in [4.78, 5) is 35.6. The summed E-state index contributed by atoms with van der Waals surface area (Å²) in [6.07, 6.45) is 2.19. The van der Waals surface area contributed by atoms with E-state index in [4.69, 9.17) is 9.15 Å². The van der Waals surface area contributed by atoms with Gasteiger partial charge in [0, 0.05) is 6.04 Å². The molecule has 128 valence electrons. The van der Waals surface area contributed by atoms with E-state index in [1.165, 1.54) is 18.4 Å². The monoisotopic (exact) mass is 350 g/mol. The number of ether oxygens (including phenoxy) is 1. The molecular weight excluding hydrogens is 332 g/mol. The van der Waals surface area contributed by atoms with E-state index < -0.39 is 11.9 Å². The molecule has 0 radical (unpaired) electrons. The van der Waals surface area contributed by atoms with Crippen LogP contribution < -0.4 is 10.6 Å². The minimum Gasteiger partial charge on any atom is -0.459 e. The number of carbonyl (C=O) groups excluding carboxylic acids is 3. The zero-order valence-electron chi connectivity index (χ0n) is 13.3. The minimum absolute atomic E-state index is 0.0290. The molecule has 0 saturated heterocycles. The average molecular weight is 350 g/mol. The van der Waals surface area contributed by atoms with Crippen LogP contribution in [0, 0.1) is 0 Å². The van der Waals surface area contributed by atoms with Crippen LogP contribution in [0.3, 0.4) is 0 Å². The Balaban J connectivity index is 1.85. The molecule has 0 aliphatic heterocycles. The first-order valence-corrected chi connectivity index (χ1v) is 8.22. The maximum Gasteiger partial charge on any atom is 0.348 e. The highest BCUT2D eigenvalue weighted by molar-refractivity contribution is 7.18. The van der Waals surface area contributed by atoms with Crippen molar-refractivity contribution in [2.45, 2.75) is 26.3 Å². The van der Waals surface area contributed by atoms with E-state index >= 15 is 0 Å². The number of anilines is 1. The van der Waals surface area contributed by atoms with E-state index in [9.17, 15) is 14.4 Å². The van der Waals surface area contributed by atoms with Crippen LogP contribution in [0.2, 0.25) is 0 Å². The molecule has 0 spiro atoms. The molecule has 2 N–H and O–H groups in total. The van der Waals surface area contributed by atoms with Crippen LogP contribution >= 0.6 is 11.3 Å². The number of esters is 1. The highest BCUT2D eigenvalue weighted by atomic mass is 32.1. The van der Waals surface area contributed by atoms with Crippen molar-refractivity contribution in [3.05, 3.63) is 41.2 Å². The van der Waals surface area contributed by atoms with Crippen LogP contribution in [0.4, 0.5) is 5.00 Å². The molecule has 1 atom stereocenters. The standard InChI is InChI=1S/C16H18N2O5S/c1-3-10(2)17-13(19)9-23-16(21)12-6-7-14(24-12)18-15(20)11-5-4-8-22-11/h4-8,10H,3,9H2,1-2H3,(H,17,19)(H,18,20). The predicted molar refractivity (Wildman–Crippen MR) is 89.2 cm³/mol. The third-order valence-corrected chi connectivity index (χ3v) is 4.12. The van der Waals surface area contributed by atoms with E-state index in [-0.39, 0.29) is 24.3 Å². The lowest BCUT2D eigenvalue weighted by atomic mass is 10.2. The maximum atomic E-state index is 11.9. The van der Waals surface area contributed by atoms with Gasteiger partial charge in [0.05, 0.1) is 11.3 Å². The summed E-state index contributed by atoms with van der Waals surface area (Å²) in [5, 5.41) is 5.80. The van der Waals surface area contributed by atoms with Gasteiger partial charge in [0.15, 0.2) is 12.4 Å². The van der Waals surface area contributed by atoms with Crippen molar-refractivity contribution in [1.29, 1.82) is 0 Å². The van der Waals surface area contributed by atoms with E-state index in [2.05, 4.69) is 10.6 Å².